The Bertz CT molecular complexity index is 1460. The van der Waals surface area contributed by atoms with Crippen molar-refractivity contribution in [3.8, 4) is 0 Å². The van der Waals surface area contributed by atoms with Crippen LogP contribution < -0.4 is 11.2 Å². The van der Waals surface area contributed by atoms with E-state index in [1.54, 1.807) is 4.90 Å². The topological polar surface area (TPSA) is 115 Å². The van der Waals surface area contributed by atoms with Gasteiger partial charge < -0.3 is 9.88 Å². The highest BCUT2D eigenvalue weighted by Crippen LogP contribution is 2.30. The van der Waals surface area contributed by atoms with Gasteiger partial charge in [-0.1, -0.05) is 18.2 Å². The maximum Gasteiger partial charge on any atom is 0.327 e. The summed E-state index contributed by atoms with van der Waals surface area (Å²) in [5, 5.41) is 1.36. The molecule has 0 saturated heterocycles. The van der Waals surface area contributed by atoms with E-state index in [2.05, 4.69) is 51.1 Å². The van der Waals surface area contributed by atoms with Crippen LogP contribution in [0.5, 0.6) is 0 Å². The molecule has 150 valence electrons. The lowest BCUT2D eigenvalue weighted by molar-refractivity contribution is 0.0772. The van der Waals surface area contributed by atoms with Crippen LogP contribution >= 0.6 is 0 Å². The second-order valence-corrected chi connectivity index (χ2v) is 7.51. The monoisotopic (exact) mass is 401 g/mol. The number of carbonyl (C=O) groups is 1. The van der Waals surface area contributed by atoms with Crippen LogP contribution in [0.25, 0.3) is 27.5 Å². The number of hydrogen-bond donors (Lipinski definition) is 3. The van der Waals surface area contributed by atoms with E-state index >= 15 is 0 Å². The van der Waals surface area contributed by atoms with E-state index in [0.717, 1.165) is 11.9 Å². The van der Waals surface area contributed by atoms with Gasteiger partial charge in [0.2, 0.25) is 0 Å². The molecule has 3 N–H and O–H groups in total. The molecule has 0 radical (unpaired) electrons. The first-order valence-corrected chi connectivity index (χ1v) is 9.68. The summed E-state index contributed by atoms with van der Waals surface area (Å²) < 4.78 is 0. The summed E-state index contributed by atoms with van der Waals surface area (Å²) in [6.07, 6.45) is 6.22. The van der Waals surface area contributed by atoms with Gasteiger partial charge in [0, 0.05) is 41.9 Å². The van der Waals surface area contributed by atoms with E-state index in [9.17, 15) is 14.4 Å². The minimum atomic E-state index is -0.625. The third-order valence-corrected chi connectivity index (χ3v) is 5.52. The minimum Gasteiger partial charge on any atom is -0.361 e. The van der Waals surface area contributed by atoms with Crippen molar-refractivity contribution < 1.29 is 4.79 Å². The standard InChI is InChI=1S/C22H19N5O3/c1-12-2-3-15-17(11-23-18(15)8-12)13-4-6-27(7-5-13)21(29)14-9-16-19(24-10-14)25-22(30)26-20(16)28/h2-4,8-11,23H,5-7H2,1H3,(H2,24,25,26,28,30). The number of benzene rings is 1. The van der Waals surface area contributed by atoms with Crippen LogP contribution in [0.15, 0.2) is 52.3 Å². The highest BCUT2D eigenvalue weighted by atomic mass is 16.2. The Balaban J connectivity index is 1.41. The van der Waals surface area contributed by atoms with Gasteiger partial charge in [-0.25, -0.2) is 9.78 Å². The number of nitrogens with zero attached hydrogens (tertiary/aromatic N) is 2. The highest BCUT2D eigenvalue weighted by molar-refractivity contribution is 5.98. The van der Waals surface area contributed by atoms with Crippen LogP contribution in [0.4, 0.5) is 0 Å². The summed E-state index contributed by atoms with van der Waals surface area (Å²) >= 11 is 0. The van der Waals surface area contributed by atoms with Crippen LogP contribution in [0.2, 0.25) is 0 Å². The first-order valence-electron chi connectivity index (χ1n) is 9.68. The first-order chi connectivity index (χ1) is 14.5. The van der Waals surface area contributed by atoms with E-state index in [-0.39, 0.29) is 16.9 Å². The number of fused-ring (bicyclic) bond motifs is 2. The third kappa shape index (κ3) is 3.02. The molecule has 0 spiro atoms. The molecule has 0 aliphatic carbocycles. The Morgan fingerprint density at radius 2 is 2.00 bits per heavy atom. The van der Waals surface area contributed by atoms with Gasteiger partial charge in [0.15, 0.2) is 0 Å². The molecule has 1 aliphatic heterocycles. The lowest BCUT2D eigenvalue weighted by Gasteiger charge is -2.26. The average molecular weight is 401 g/mol. The van der Waals surface area contributed by atoms with Gasteiger partial charge >= 0.3 is 5.69 Å². The molecule has 0 saturated carbocycles. The van der Waals surface area contributed by atoms with Crippen LogP contribution in [0, 0.1) is 6.92 Å². The Labute approximate surface area is 170 Å². The molecule has 30 heavy (non-hydrogen) atoms. The molecular weight excluding hydrogens is 382 g/mol. The Hall–Kier alpha value is -3.94. The molecule has 3 aromatic heterocycles. The number of H-pyrrole nitrogens is 3. The predicted octanol–water partition coefficient (Wildman–Crippen LogP) is 2.33. The predicted molar refractivity (Wildman–Crippen MR) is 115 cm³/mol. The van der Waals surface area contributed by atoms with Crippen LogP contribution in [0.1, 0.15) is 27.9 Å². The lowest BCUT2D eigenvalue weighted by atomic mass is 9.98. The first kappa shape index (κ1) is 18.1. The molecule has 0 bridgehead atoms. The second kappa shape index (κ2) is 6.84. The van der Waals surface area contributed by atoms with E-state index in [0.29, 0.717) is 18.7 Å². The number of amides is 1. The van der Waals surface area contributed by atoms with Gasteiger partial charge in [0.1, 0.15) is 5.65 Å². The van der Waals surface area contributed by atoms with E-state index in [1.165, 1.54) is 34.3 Å². The summed E-state index contributed by atoms with van der Waals surface area (Å²) in [6, 6.07) is 7.82. The number of aryl methyl sites for hydroxylation is 1. The summed E-state index contributed by atoms with van der Waals surface area (Å²) in [6.45, 7) is 3.12. The molecule has 0 unspecified atom stereocenters. The molecule has 1 aliphatic rings. The highest BCUT2D eigenvalue weighted by Gasteiger charge is 2.21. The minimum absolute atomic E-state index is 0.163. The summed E-state index contributed by atoms with van der Waals surface area (Å²) in [4.78, 5) is 50.0. The maximum absolute atomic E-state index is 12.9. The Morgan fingerprint density at radius 1 is 1.13 bits per heavy atom. The molecule has 4 aromatic rings. The molecule has 0 fully saturated rings. The van der Waals surface area contributed by atoms with Crippen molar-refractivity contribution in [3.63, 3.8) is 0 Å². The van der Waals surface area contributed by atoms with Crippen molar-refractivity contribution in [2.24, 2.45) is 0 Å². The molecular formula is C22H19N5O3. The van der Waals surface area contributed by atoms with Crippen molar-refractivity contribution in [1.29, 1.82) is 0 Å². The maximum atomic E-state index is 12.9. The molecule has 1 amide bonds. The van der Waals surface area contributed by atoms with Gasteiger partial charge in [0.05, 0.1) is 10.9 Å². The number of pyridine rings is 1. The fourth-order valence-electron chi connectivity index (χ4n) is 3.95. The lowest BCUT2D eigenvalue weighted by Crippen LogP contribution is -2.35. The van der Waals surface area contributed by atoms with Gasteiger partial charge in [-0.15, -0.1) is 0 Å². The summed E-state index contributed by atoms with van der Waals surface area (Å²) in [7, 11) is 0. The van der Waals surface area contributed by atoms with Crippen molar-refractivity contribution in [1.82, 2.24) is 24.8 Å². The molecule has 4 heterocycles. The van der Waals surface area contributed by atoms with Gasteiger partial charge in [0.25, 0.3) is 11.5 Å². The van der Waals surface area contributed by atoms with Crippen molar-refractivity contribution in [3.05, 3.63) is 80.3 Å². The number of carbonyl (C=O) groups excluding carboxylic acids is 1. The number of nitrogens with one attached hydrogen (secondary N) is 3. The summed E-state index contributed by atoms with van der Waals surface area (Å²) in [5.41, 5.74) is 3.98. The Kier molecular flexibility index (Phi) is 4.13. The number of aromatic amines is 3. The zero-order chi connectivity index (χ0) is 20.8. The molecule has 0 atom stereocenters. The zero-order valence-electron chi connectivity index (χ0n) is 16.3. The average Bonchev–Trinajstić information content (AvgIpc) is 3.16. The zero-order valence-corrected chi connectivity index (χ0v) is 16.3. The Morgan fingerprint density at radius 3 is 2.80 bits per heavy atom. The molecule has 8 nitrogen and oxygen atoms in total. The van der Waals surface area contributed by atoms with Crippen LogP contribution in [-0.2, 0) is 0 Å². The van der Waals surface area contributed by atoms with Crippen LogP contribution in [-0.4, -0.2) is 43.8 Å². The van der Waals surface area contributed by atoms with E-state index in [4.69, 9.17) is 0 Å². The number of rotatable bonds is 2. The van der Waals surface area contributed by atoms with Crippen LogP contribution in [0.3, 0.4) is 0 Å². The fraction of sp³-hybridized carbons (Fsp3) is 0.182. The number of hydrogen-bond acceptors (Lipinski definition) is 4. The molecule has 8 heteroatoms. The van der Waals surface area contributed by atoms with E-state index < -0.39 is 11.2 Å². The normalized spacial score (nSPS) is 14.3. The largest absolute Gasteiger partial charge is 0.361 e. The quantitative estimate of drug-likeness (QED) is 0.478. The SMILES string of the molecule is Cc1ccc2c(C3=CCN(C(=O)c4cnc5[nH]c(=O)[nH]c(=O)c5c4)CC3)c[nH]c2c1. The smallest absolute Gasteiger partial charge is 0.327 e. The molecule has 5 rings (SSSR count). The van der Waals surface area contributed by atoms with E-state index in [1.807, 2.05) is 6.20 Å². The third-order valence-electron chi connectivity index (χ3n) is 5.52. The van der Waals surface area contributed by atoms with Crippen molar-refractivity contribution in [2.45, 2.75) is 13.3 Å². The van der Waals surface area contributed by atoms with Gasteiger partial charge in [-0.2, -0.15) is 0 Å². The fourth-order valence-corrected chi connectivity index (χ4v) is 3.95. The second-order valence-electron chi connectivity index (χ2n) is 7.51. The van der Waals surface area contributed by atoms with Crippen molar-refractivity contribution >= 4 is 33.4 Å². The summed E-state index contributed by atoms with van der Waals surface area (Å²) in [5.74, 6) is -0.195. The van der Waals surface area contributed by atoms with Gasteiger partial charge in [-0.05, 0) is 36.6 Å². The number of aromatic nitrogens is 4. The van der Waals surface area contributed by atoms with Crippen molar-refractivity contribution in [2.75, 3.05) is 13.1 Å². The molecule has 1 aromatic carbocycles. The van der Waals surface area contributed by atoms with Gasteiger partial charge in [-0.3, -0.25) is 19.6 Å².